The molecule has 1 aromatic carbocycles. The van der Waals surface area contributed by atoms with E-state index in [1.54, 1.807) is 13.2 Å². The molecule has 0 amide bonds. The number of ether oxygens (including phenoxy) is 1. The molecule has 1 aromatic rings. The fraction of sp³-hybridized carbons (Fsp3) is 0.538. The largest absolute Gasteiger partial charge is 0.383 e. The topological polar surface area (TPSA) is 64.4 Å². The Balaban J connectivity index is 2.87. The number of benzene rings is 1. The molecule has 0 heterocycles. The third-order valence-corrected chi connectivity index (χ3v) is 2.99. The van der Waals surface area contributed by atoms with Gasteiger partial charge in [0.15, 0.2) is 0 Å². The maximum absolute atomic E-state index is 11.0. The number of nitro benzene ring substituents is 1. The molecule has 0 aliphatic carbocycles. The number of halogens is 1. The number of hydrogen-bond donors (Lipinski definition) is 1. The first-order chi connectivity index (χ1) is 9.08. The summed E-state index contributed by atoms with van der Waals surface area (Å²) in [5.41, 5.74) is 0.729. The predicted molar refractivity (Wildman–Crippen MR) is 75.8 cm³/mol. The summed E-state index contributed by atoms with van der Waals surface area (Å²) in [6.45, 7) is 3.42. The molecule has 0 radical (unpaired) electrons. The van der Waals surface area contributed by atoms with Gasteiger partial charge in [0.1, 0.15) is 0 Å². The van der Waals surface area contributed by atoms with E-state index in [1.807, 2.05) is 0 Å². The number of nitrogens with one attached hydrogen (secondary N) is 1. The van der Waals surface area contributed by atoms with Crippen molar-refractivity contribution in [1.29, 1.82) is 0 Å². The summed E-state index contributed by atoms with van der Waals surface area (Å²) in [6.07, 6.45) is 1.52. The molecule has 0 fully saturated rings. The standard InChI is InChI=1S/C13H19ClN2O3/c1-3-6-15-12(9-19-2)8-10-7-11(14)4-5-13(10)16(17)18/h4-5,7,12,15H,3,6,8-9H2,1-2H3. The lowest BCUT2D eigenvalue weighted by atomic mass is 10.0. The minimum atomic E-state index is -0.380. The lowest BCUT2D eigenvalue weighted by Gasteiger charge is -2.17. The van der Waals surface area contributed by atoms with Gasteiger partial charge in [0.2, 0.25) is 0 Å². The fourth-order valence-corrected chi connectivity index (χ4v) is 2.10. The van der Waals surface area contributed by atoms with Crippen molar-refractivity contribution < 1.29 is 9.66 Å². The van der Waals surface area contributed by atoms with Crippen molar-refractivity contribution in [3.8, 4) is 0 Å². The van der Waals surface area contributed by atoms with E-state index in [0.29, 0.717) is 23.6 Å². The lowest BCUT2D eigenvalue weighted by Crippen LogP contribution is -2.35. The SMILES string of the molecule is CCCNC(COC)Cc1cc(Cl)ccc1[N+](=O)[O-]. The van der Waals surface area contributed by atoms with Gasteiger partial charge in [-0.05, 0) is 31.5 Å². The van der Waals surface area contributed by atoms with Gasteiger partial charge in [-0.3, -0.25) is 10.1 Å². The number of nitro groups is 1. The van der Waals surface area contributed by atoms with Crippen molar-refractivity contribution in [2.45, 2.75) is 25.8 Å². The van der Waals surface area contributed by atoms with Crippen LogP contribution in [0.1, 0.15) is 18.9 Å². The number of nitrogens with zero attached hydrogens (tertiary/aromatic N) is 1. The molecule has 6 heteroatoms. The first-order valence-corrected chi connectivity index (χ1v) is 6.61. The smallest absolute Gasteiger partial charge is 0.272 e. The highest BCUT2D eigenvalue weighted by Crippen LogP contribution is 2.24. The first-order valence-electron chi connectivity index (χ1n) is 6.23. The van der Waals surface area contributed by atoms with Gasteiger partial charge in [0, 0.05) is 29.8 Å². The maximum Gasteiger partial charge on any atom is 0.272 e. The molecule has 0 spiro atoms. The van der Waals surface area contributed by atoms with E-state index in [-0.39, 0.29) is 16.7 Å². The van der Waals surface area contributed by atoms with Crippen LogP contribution < -0.4 is 5.32 Å². The summed E-state index contributed by atoms with van der Waals surface area (Å²) in [5, 5.41) is 14.8. The van der Waals surface area contributed by atoms with Crippen LogP contribution in [-0.4, -0.2) is 31.2 Å². The minimum Gasteiger partial charge on any atom is -0.383 e. The van der Waals surface area contributed by atoms with Gasteiger partial charge in [0.05, 0.1) is 11.5 Å². The van der Waals surface area contributed by atoms with Crippen molar-refractivity contribution >= 4 is 17.3 Å². The van der Waals surface area contributed by atoms with Crippen LogP contribution in [0.3, 0.4) is 0 Å². The molecule has 5 nitrogen and oxygen atoms in total. The summed E-state index contributed by atoms with van der Waals surface area (Å²) < 4.78 is 5.14. The van der Waals surface area contributed by atoms with Crippen molar-refractivity contribution in [2.24, 2.45) is 0 Å². The van der Waals surface area contributed by atoms with E-state index in [4.69, 9.17) is 16.3 Å². The average Bonchev–Trinajstić information content (AvgIpc) is 2.36. The van der Waals surface area contributed by atoms with Crippen molar-refractivity contribution in [3.63, 3.8) is 0 Å². The van der Waals surface area contributed by atoms with E-state index in [1.165, 1.54) is 12.1 Å². The molecule has 0 bridgehead atoms. The van der Waals surface area contributed by atoms with Crippen LogP contribution >= 0.6 is 11.6 Å². The molecular weight excluding hydrogens is 268 g/mol. The molecule has 1 N–H and O–H groups in total. The zero-order valence-electron chi connectivity index (χ0n) is 11.2. The predicted octanol–water partition coefficient (Wildman–Crippen LogP) is 2.81. The Labute approximate surface area is 118 Å². The Morgan fingerprint density at radius 1 is 1.53 bits per heavy atom. The second-order valence-corrected chi connectivity index (χ2v) is 4.78. The Morgan fingerprint density at radius 3 is 2.84 bits per heavy atom. The quantitative estimate of drug-likeness (QED) is 0.589. The summed E-state index contributed by atoms with van der Waals surface area (Å²) >= 11 is 5.91. The summed E-state index contributed by atoms with van der Waals surface area (Å²) in [7, 11) is 1.62. The molecule has 0 aliphatic rings. The lowest BCUT2D eigenvalue weighted by molar-refractivity contribution is -0.385. The van der Waals surface area contributed by atoms with Gasteiger partial charge in [-0.1, -0.05) is 18.5 Å². The second kappa shape index (κ2) is 8.09. The second-order valence-electron chi connectivity index (χ2n) is 4.34. The van der Waals surface area contributed by atoms with E-state index in [2.05, 4.69) is 12.2 Å². The number of rotatable bonds is 8. The normalized spacial score (nSPS) is 12.4. The van der Waals surface area contributed by atoms with Crippen LogP contribution in [0, 0.1) is 10.1 Å². The molecule has 1 rings (SSSR count). The zero-order valence-corrected chi connectivity index (χ0v) is 11.9. The van der Waals surface area contributed by atoms with Crippen LogP contribution in [0.2, 0.25) is 5.02 Å². The van der Waals surface area contributed by atoms with Gasteiger partial charge < -0.3 is 10.1 Å². The molecule has 0 aliphatic heterocycles. The molecule has 106 valence electrons. The Hall–Kier alpha value is -1.17. The van der Waals surface area contributed by atoms with Crippen molar-refractivity contribution in [2.75, 3.05) is 20.3 Å². The van der Waals surface area contributed by atoms with Crippen molar-refractivity contribution in [3.05, 3.63) is 38.9 Å². The minimum absolute atomic E-state index is 0.0436. The molecule has 0 saturated heterocycles. The summed E-state index contributed by atoms with van der Waals surface area (Å²) in [6, 6.07) is 4.67. The summed E-state index contributed by atoms with van der Waals surface area (Å²) in [5.74, 6) is 0. The highest BCUT2D eigenvalue weighted by atomic mass is 35.5. The number of methoxy groups -OCH3 is 1. The molecule has 1 atom stereocenters. The maximum atomic E-state index is 11.0. The van der Waals surface area contributed by atoms with Crippen LogP contribution in [0.5, 0.6) is 0 Å². The van der Waals surface area contributed by atoms with E-state index in [9.17, 15) is 10.1 Å². The Kier molecular flexibility index (Phi) is 6.77. The summed E-state index contributed by atoms with van der Waals surface area (Å²) in [4.78, 5) is 10.6. The van der Waals surface area contributed by atoms with Crippen LogP contribution in [0.25, 0.3) is 0 Å². The number of hydrogen-bond acceptors (Lipinski definition) is 4. The average molecular weight is 287 g/mol. The fourth-order valence-electron chi connectivity index (χ4n) is 1.90. The zero-order chi connectivity index (χ0) is 14.3. The monoisotopic (exact) mass is 286 g/mol. The van der Waals surface area contributed by atoms with Crippen LogP contribution in [0.15, 0.2) is 18.2 Å². The highest BCUT2D eigenvalue weighted by Gasteiger charge is 2.18. The van der Waals surface area contributed by atoms with Crippen LogP contribution in [-0.2, 0) is 11.2 Å². The van der Waals surface area contributed by atoms with Gasteiger partial charge in [-0.15, -0.1) is 0 Å². The van der Waals surface area contributed by atoms with E-state index in [0.717, 1.165) is 13.0 Å². The third-order valence-electron chi connectivity index (χ3n) is 2.76. The Morgan fingerprint density at radius 2 is 2.26 bits per heavy atom. The molecule has 19 heavy (non-hydrogen) atoms. The molecule has 0 saturated carbocycles. The molecular formula is C13H19ClN2O3. The van der Waals surface area contributed by atoms with Crippen LogP contribution in [0.4, 0.5) is 5.69 Å². The van der Waals surface area contributed by atoms with Gasteiger partial charge >= 0.3 is 0 Å². The van der Waals surface area contributed by atoms with Gasteiger partial charge in [-0.25, -0.2) is 0 Å². The molecule has 0 aromatic heterocycles. The highest BCUT2D eigenvalue weighted by molar-refractivity contribution is 6.30. The Bertz CT molecular complexity index is 426. The molecule has 1 unspecified atom stereocenters. The van der Waals surface area contributed by atoms with Gasteiger partial charge in [-0.2, -0.15) is 0 Å². The van der Waals surface area contributed by atoms with Gasteiger partial charge in [0.25, 0.3) is 5.69 Å². The van der Waals surface area contributed by atoms with Crippen molar-refractivity contribution in [1.82, 2.24) is 5.32 Å². The third kappa shape index (κ3) is 5.14. The first kappa shape index (κ1) is 15.9. The van der Waals surface area contributed by atoms with E-state index < -0.39 is 0 Å². The van der Waals surface area contributed by atoms with E-state index >= 15 is 0 Å².